The standard InChI is InChI=1S/C18H23N3O2/c1-13-10-14(2)21(20-13)9-5-8-18(22)19-16-11-15-6-3-4-7-17(15)23-12-16/h3-4,6-7,10,16H,5,8-9,11-12H2,1-2H3,(H,19,22)/t16-/m0/s1. The fraction of sp³-hybridized carbons (Fsp3) is 0.444. The summed E-state index contributed by atoms with van der Waals surface area (Å²) in [7, 11) is 0. The van der Waals surface area contributed by atoms with Crippen LogP contribution in [-0.2, 0) is 17.8 Å². The highest BCUT2D eigenvalue weighted by Crippen LogP contribution is 2.23. The number of hydrogen-bond donors (Lipinski definition) is 1. The molecule has 23 heavy (non-hydrogen) atoms. The summed E-state index contributed by atoms with van der Waals surface area (Å²) in [5.41, 5.74) is 3.32. The lowest BCUT2D eigenvalue weighted by molar-refractivity contribution is -0.122. The molecule has 1 N–H and O–H groups in total. The van der Waals surface area contributed by atoms with Gasteiger partial charge in [0.2, 0.25) is 5.91 Å². The molecule has 1 aliphatic rings. The molecule has 5 nitrogen and oxygen atoms in total. The van der Waals surface area contributed by atoms with Gasteiger partial charge in [0.1, 0.15) is 12.4 Å². The van der Waals surface area contributed by atoms with E-state index in [9.17, 15) is 4.79 Å². The van der Waals surface area contributed by atoms with Gasteiger partial charge in [-0.15, -0.1) is 0 Å². The first-order valence-corrected chi connectivity index (χ1v) is 8.13. The van der Waals surface area contributed by atoms with E-state index < -0.39 is 0 Å². The number of para-hydroxylation sites is 1. The van der Waals surface area contributed by atoms with Crippen LogP contribution in [0, 0.1) is 13.8 Å². The number of aromatic nitrogens is 2. The Balaban J connectivity index is 1.44. The van der Waals surface area contributed by atoms with Crippen LogP contribution >= 0.6 is 0 Å². The molecule has 2 aromatic rings. The van der Waals surface area contributed by atoms with Gasteiger partial charge in [-0.25, -0.2) is 0 Å². The van der Waals surface area contributed by atoms with Crippen LogP contribution < -0.4 is 10.1 Å². The monoisotopic (exact) mass is 313 g/mol. The number of amides is 1. The fourth-order valence-electron chi connectivity index (χ4n) is 3.01. The van der Waals surface area contributed by atoms with Crippen LogP contribution in [0.1, 0.15) is 29.8 Å². The second-order valence-corrected chi connectivity index (χ2v) is 6.14. The summed E-state index contributed by atoms with van der Waals surface area (Å²) in [6, 6.07) is 10.1. The molecule has 1 aromatic carbocycles. The Labute approximate surface area is 136 Å². The Morgan fingerprint density at radius 3 is 3.00 bits per heavy atom. The molecule has 0 radical (unpaired) electrons. The molecule has 5 heteroatoms. The van der Waals surface area contributed by atoms with Gasteiger partial charge in [-0.3, -0.25) is 9.48 Å². The SMILES string of the molecule is Cc1cc(C)n(CCCC(=O)N[C@@H]2COc3ccccc3C2)n1. The van der Waals surface area contributed by atoms with Gasteiger partial charge in [0.25, 0.3) is 0 Å². The number of nitrogens with zero attached hydrogens (tertiary/aromatic N) is 2. The zero-order chi connectivity index (χ0) is 16.2. The average Bonchev–Trinajstić information content (AvgIpc) is 2.85. The van der Waals surface area contributed by atoms with Crippen LogP contribution in [-0.4, -0.2) is 28.3 Å². The van der Waals surface area contributed by atoms with Crippen molar-refractivity contribution in [2.45, 2.75) is 45.7 Å². The third-order valence-corrected chi connectivity index (χ3v) is 4.12. The van der Waals surface area contributed by atoms with Crippen molar-refractivity contribution < 1.29 is 9.53 Å². The Morgan fingerprint density at radius 1 is 1.39 bits per heavy atom. The average molecular weight is 313 g/mol. The van der Waals surface area contributed by atoms with Crippen molar-refractivity contribution in [3.05, 3.63) is 47.3 Å². The first kappa shape index (κ1) is 15.6. The number of nitrogens with one attached hydrogen (secondary N) is 1. The van der Waals surface area contributed by atoms with E-state index in [0.29, 0.717) is 13.0 Å². The number of ether oxygens (including phenoxy) is 1. The molecule has 0 saturated heterocycles. The molecular weight excluding hydrogens is 290 g/mol. The molecule has 122 valence electrons. The smallest absolute Gasteiger partial charge is 0.220 e. The molecule has 0 bridgehead atoms. The summed E-state index contributed by atoms with van der Waals surface area (Å²) in [4.78, 5) is 12.1. The minimum Gasteiger partial charge on any atom is -0.491 e. The molecule has 0 fully saturated rings. The van der Waals surface area contributed by atoms with Crippen LogP contribution in [0.3, 0.4) is 0 Å². The van der Waals surface area contributed by atoms with E-state index in [4.69, 9.17) is 4.74 Å². The Kier molecular flexibility index (Phi) is 4.65. The number of fused-ring (bicyclic) bond motifs is 1. The minimum absolute atomic E-state index is 0.0612. The largest absolute Gasteiger partial charge is 0.491 e. The van der Waals surface area contributed by atoms with Crippen molar-refractivity contribution in [1.82, 2.24) is 15.1 Å². The zero-order valence-corrected chi connectivity index (χ0v) is 13.7. The second kappa shape index (κ2) is 6.86. The molecule has 0 unspecified atom stereocenters. The Morgan fingerprint density at radius 2 is 2.22 bits per heavy atom. The van der Waals surface area contributed by atoms with Crippen molar-refractivity contribution in [3.63, 3.8) is 0 Å². The van der Waals surface area contributed by atoms with Gasteiger partial charge >= 0.3 is 0 Å². The van der Waals surface area contributed by atoms with Gasteiger partial charge in [0.15, 0.2) is 0 Å². The molecule has 0 aliphatic carbocycles. The van der Waals surface area contributed by atoms with Crippen molar-refractivity contribution in [1.29, 1.82) is 0 Å². The molecule has 2 heterocycles. The minimum atomic E-state index is 0.0612. The van der Waals surface area contributed by atoms with E-state index in [1.807, 2.05) is 36.7 Å². The van der Waals surface area contributed by atoms with Gasteiger partial charge in [0.05, 0.1) is 11.7 Å². The van der Waals surface area contributed by atoms with E-state index in [1.54, 1.807) is 0 Å². The number of benzene rings is 1. The van der Waals surface area contributed by atoms with Gasteiger partial charge in [-0.2, -0.15) is 5.10 Å². The molecular formula is C18H23N3O2. The lowest BCUT2D eigenvalue weighted by Gasteiger charge is -2.26. The molecule has 1 aromatic heterocycles. The van der Waals surface area contributed by atoms with E-state index >= 15 is 0 Å². The maximum atomic E-state index is 12.1. The molecule has 1 aliphatic heterocycles. The number of carbonyl (C=O) groups is 1. The summed E-state index contributed by atoms with van der Waals surface area (Å²) in [6.45, 7) is 5.34. The number of aryl methyl sites for hydroxylation is 3. The van der Waals surface area contributed by atoms with Crippen LogP contribution in [0.4, 0.5) is 0 Å². The first-order valence-electron chi connectivity index (χ1n) is 8.13. The topological polar surface area (TPSA) is 56.2 Å². The summed E-state index contributed by atoms with van der Waals surface area (Å²) in [5.74, 6) is 1.02. The van der Waals surface area contributed by atoms with Crippen LogP contribution in [0.2, 0.25) is 0 Å². The molecule has 3 rings (SSSR count). The summed E-state index contributed by atoms with van der Waals surface area (Å²) < 4.78 is 7.66. The lowest BCUT2D eigenvalue weighted by atomic mass is 10.0. The van der Waals surface area contributed by atoms with E-state index in [1.165, 1.54) is 0 Å². The molecule has 0 spiro atoms. The summed E-state index contributed by atoms with van der Waals surface area (Å²) >= 11 is 0. The highest BCUT2D eigenvalue weighted by molar-refractivity contribution is 5.76. The third kappa shape index (κ3) is 3.92. The number of hydrogen-bond acceptors (Lipinski definition) is 3. The van der Waals surface area contributed by atoms with Crippen LogP contribution in [0.15, 0.2) is 30.3 Å². The Bertz CT molecular complexity index is 693. The van der Waals surface area contributed by atoms with Crippen molar-refractivity contribution >= 4 is 5.91 Å². The van der Waals surface area contributed by atoms with E-state index in [-0.39, 0.29) is 11.9 Å². The van der Waals surface area contributed by atoms with E-state index in [2.05, 4.69) is 22.5 Å². The number of rotatable bonds is 5. The van der Waals surface area contributed by atoms with Gasteiger partial charge in [0, 0.05) is 18.7 Å². The fourth-order valence-corrected chi connectivity index (χ4v) is 3.01. The second-order valence-electron chi connectivity index (χ2n) is 6.14. The zero-order valence-electron chi connectivity index (χ0n) is 13.7. The van der Waals surface area contributed by atoms with Gasteiger partial charge < -0.3 is 10.1 Å². The van der Waals surface area contributed by atoms with Crippen LogP contribution in [0.5, 0.6) is 5.75 Å². The van der Waals surface area contributed by atoms with Crippen molar-refractivity contribution in [3.8, 4) is 5.75 Å². The predicted molar refractivity (Wildman–Crippen MR) is 88.5 cm³/mol. The van der Waals surface area contributed by atoms with E-state index in [0.717, 1.165) is 42.1 Å². The molecule has 1 amide bonds. The lowest BCUT2D eigenvalue weighted by Crippen LogP contribution is -2.42. The van der Waals surface area contributed by atoms with Gasteiger partial charge in [-0.05, 0) is 44.4 Å². The summed E-state index contributed by atoms with van der Waals surface area (Å²) in [6.07, 6.45) is 2.13. The number of carbonyl (C=O) groups excluding carboxylic acids is 1. The highest BCUT2D eigenvalue weighted by Gasteiger charge is 2.20. The van der Waals surface area contributed by atoms with Crippen molar-refractivity contribution in [2.75, 3.05) is 6.61 Å². The van der Waals surface area contributed by atoms with Crippen LogP contribution in [0.25, 0.3) is 0 Å². The predicted octanol–water partition coefficient (Wildman–Crippen LogP) is 2.40. The third-order valence-electron chi connectivity index (χ3n) is 4.12. The molecule has 0 saturated carbocycles. The summed E-state index contributed by atoms with van der Waals surface area (Å²) in [5, 5.41) is 7.48. The van der Waals surface area contributed by atoms with Gasteiger partial charge in [-0.1, -0.05) is 18.2 Å². The normalized spacial score (nSPS) is 16.5. The maximum absolute atomic E-state index is 12.1. The quantitative estimate of drug-likeness (QED) is 0.922. The maximum Gasteiger partial charge on any atom is 0.220 e. The Hall–Kier alpha value is -2.30. The van der Waals surface area contributed by atoms with Crippen molar-refractivity contribution in [2.24, 2.45) is 0 Å². The highest BCUT2D eigenvalue weighted by atomic mass is 16.5. The molecule has 1 atom stereocenters. The first-order chi connectivity index (χ1) is 11.1.